The number of nitrogens with one attached hydrogen (secondary N) is 2. The van der Waals surface area contributed by atoms with Crippen LogP contribution in [0.25, 0.3) is 0 Å². The van der Waals surface area contributed by atoms with Gasteiger partial charge in [-0.3, -0.25) is 4.79 Å². The monoisotopic (exact) mass is 277 g/mol. The third kappa shape index (κ3) is 5.61. The fourth-order valence-electron chi connectivity index (χ4n) is 2.27. The molecule has 0 spiro atoms. The van der Waals surface area contributed by atoms with Gasteiger partial charge in [-0.2, -0.15) is 0 Å². The quantitative estimate of drug-likeness (QED) is 0.802. The molecule has 0 aliphatic carbocycles. The predicted molar refractivity (Wildman–Crippen MR) is 85.3 cm³/mol. The Balaban J connectivity index is 2.36. The molecule has 0 unspecified atom stereocenters. The highest BCUT2D eigenvalue weighted by Crippen LogP contribution is 2.21. The van der Waals surface area contributed by atoms with Crippen LogP contribution in [-0.4, -0.2) is 44.5 Å². The molecule has 0 radical (unpaired) electrons. The number of rotatable bonds is 7. The predicted octanol–water partition coefficient (Wildman–Crippen LogP) is 2.09. The van der Waals surface area contributed by atoms with Gasteiger partial charge in [0.2, 0.25) is 5.91 Å². The molecule has 0 saturated carbocycles. The summed E-state index contributed by atoms with van der Waals surface area (Å²) in [5.74, 6) is 0.0989. The maximum Gasteiger partial charge on any atom is 0.221 e. The zero-order valence-corrected chi connectivity index (χ0v) is 13.3. The van der Waals surface area contributed by atoms with E-state index in [4.69, 9.17) is 0 Å². The number of carbonyl (C=O) groups excluding carboxylic acids is 1. The first kappa shape index (κ1) is 16.5. The van der Waals surface area contributed by atoms with Crippen LogP contribution < -0.4 is 10.6 Å². The number of hydrogen-bond donors (Lipinski definition) is 2. The van der Waals surface area contributed by atoms with Crippen LogP contribution >= 0.6 is 0 Å². The third-order valence-corrected chi connectivity index (χ3v) is 3.21. The van der Waals surface area contributed by atoms with Crippen molar-refractivity contribution in [2.24, 2.45) is 0 Å². The zero-order chi connectivity index (χ0) is 15.1. The van der Waals surface area contributed by atoms with E-state index < -0.39 is 0 Å². The minimum atomic E-state index is 0.0989. The van der Waals surface area contributed by atoms with E-state index in [0.717, 1.165) is 12.2 Å². The van der Waals surface area contributed by atoms with E-state index in [1.54, 1.807) is 0 Å². The van der Waals surface area contributed by atoms with Crippen LogP contribution in [0, 0.1) is 20.8 Å². The first-order valence-electron chi connectivity index (χ1n) is 7.13. The van der Waals surface area contributed by atoms with Gasteiger partial charge in [0.05, 0.1) is 0 Å². The Labute approximate surface area is 122 Å². The lowest BCUT2D eigenvalue weighted by atomic mass is 10.1. The highest BCUT2D eigenvalue weighted by Gasteiger charge is 2.05. The van der Waals surface area contributed by atoms with Gasteiger partial charge in [-0.05, 0) is 46.0 Å². The molecule has 1 aromatic rings. The second-order valence-electron chi connectivity index (χ2n) is 5.60. The SMILES string of the molecule is Cc1cc(C)c(NCCC(=O)NCCN(C)C)c(C)c1. The van der Waals surface area contributed by atoms with Crippen LogP contribution in [0.1, 0.15) is 23.1 Å². The lowest BCUT2D eigenvalue weighted by Crippen LogP contribution is -2.32. The smallest absolute Gasteiger partial charge is 0.221 e. The van der Waals surface area contributed by atoms with E-state index in [0.29, 0.717) is 19.5 Å². The summed E-state index contributed by atoms with van der Waals surface area (Å²) in [6, 6.07) is 4.32. The number of aryl methyl sites for hydroxylation is 3. The molecule has 0 fully saturated rings. The Morgan fingerprint density at radius 1 is 1.10 bits per heavy atom. The average molecular weight is 277 g/mol. The third-order valence-electron chi connectivity index (χ3n) is 3.21. The van der Waals surface area contributed by atoms with Crippen molar-refractivity contribution in [3.05, 3.63) is 28.8 Å². The summed E-state index contributed by atoms with van der Waals surface area (Å²) in [6.07, 6.45) is 0.500. The van der Waals surface area contributed by atoms with E-state index in [1.165, 1.54) is 16.7 Å². The van der Waals surface area contributed by atoms with Gasteiger partial charge in [0.25, 0.3) is 0 Å². The van der Waals surface area contributed by atoms with E-state index >= 15 is 0 Å². The average Bonchev–Trinajstić information content (AvgIpc) is 2.32. The van der Waals surface area contributed by atoms with E-state index in [2.05, 4.69) is 48.4 Å². The highest BCUT2D eigenvalue weighted by molar-refractivity contribution is 5.76. The Morgan fingerprint density at radius 2 is 1.70 bits per heavy atom. The summed E-state index contributed by atoms with van der Waals surface area (Å²) in [4.78, 5) is 13.7. The van der Waals surface area contributed by atoms with Crippen molar-refractivity contribution in [1.29, 1.82) is 0 Å². The molecule has 20 heavy (non-hydrogen) atoms. The lowest BCUT2D eigenvalue weighted by Gasteiger charge is -2.14. The van der Waals surface area contributed by atoms with Crippen molar-refractivity contribution in [2.75, 3.05) is 39.0 Å². The number of hydrogen-bond acceptors (Lipinski definition) is 3. The minimum absolute atomic E-state index is 0.0989. The lowest BCUT2D eigenvalue weighted by molar-refractivity contribution is -0.120. The van der Waals surface area contributed by atoms with Gasteiger partial charge >= 0.3 is 0 Å². The Hall–Kier alpha value is -1.55. The van der Waals surface area contributed by atoms with Crippen molar-refractivity contribution in [3.8, 4) is 0 Å². The molecule has 4 nitrogen and oxygen atoms in total. The molecule has 0 heterocycles. The fourth-order valence-corrected chi connectivity index (χ4v) is 2.27. The zero-order valence-electron chi connectivity index (χ0n) is 13.3. The van der Waals surface area contributed by atoms with Crippen molar-refractivity contribution >= 4 is 11.6 Å². The molecule has 0 aromatic heterocycles. The van der Waals surface area contributed by atoms with E-state index in [1.807, 2.05) is 14.1 Å². The normalized spacial score (nSPS) is 10.7. The summed E-state index contributed by atoms with van der Waals surface area (Å²) in [7, 11) is 3.99. The topological polar surface area (TPSA) is 44.4 Å². The Kier molecular flexibility index (Phi) is 6.52. The Morgan fingerprint density at radius 3 is 2.25 bits per heavy atom. The van der Waals surface area contributed by atoms with Crippen molar-refractivity contribution in [2.45, 2.75) is 27.2 Å². The van der Waals surface area contributed by atoms with Crippen molar-refractivity contribution < 1.29 is 4.79 Å². The molecule has 1 rings (SSSR count). The van der Waals surface area contributed by atoms with E-state index in [9.17, 15) is 4.79 Å². The first-order valence-corrected chi connectivity index (χ1v) is 7.13. The van der Waals surface area contributed by atoms with Gasteiger partial charge in [-0.1, -0.05) is 17.7 Å². The molecule has 0 aliphatic rings. The summed E-state index contributed by atoms with van der Waals surface area (Å²) < 4.78 is 0. The number of nitrogens with zero attached hydrogens (tertiary/aromatic N) is 1. The van der Waals surface area contributed by atoms with Gasteiger partial charge in [-0.15, -0.1) is 0 Å². The van der Waals surface area contributed by atoms with E-state index in [-0.39, 0.29) is 5.91 Å². The molecular weight excluding hydrogens is 250 g/mol. The molecular formula is C16H27N3O. The van der Waals surface area contributed by atoms with Gasteiger partial charge in [0.15, 0.2) is 0 Å². The summed E-state index contributed by atoms with van der Waals surface area (Å²) >= 11 is 0. The molecule has 0 aliphatic heterocycles. The van der Waals surface area contributed by atoms with Gasteiger partial charge in [0.1, 0.15) is 0 Å². The maximum absolute atomic E-state index is 11.7. The number of carbonyl (C=O) groups is 1. The molecule has 0 saturated heterocycles. The maximum atomic E-state index is 11.7. The van der Waals surface area contributed by atoms with Crippen LogP contribution in [0.5, 0.6) is 0 Å². The van der Waals surface area contributed by atoms with Crippen LogP contribution in [0.3, 0.4) is 0 Å². The number of likely N-dealkylation sites (N-methyl/N-ethyl adjacent to an activating group) is 1. The Bertz CT molecular complexity index is 432. The molecule has 0 atom stereocenters. The van der Waals surface area contributed by atoms with Gasteiger partial charge in [0, 0.05) is 31.7 Å². The van der Waals surface area contributed by atoms with Crippen LogP contribution in [-0.2, 0) is 4.79 Å². The van der Waals surface area contributed by atoms with Gasteiger partial charge in [-0.25, -0.2) is 0 Å². The summed E-state index contributed by atoms with van der Waals surface area (Å²) in [6.45, 7) is 8.53. The van der Waals surface area contributed by atoms with Crippen molar-refractivity contribution in [3.63, 3.8) is 0 Å². The second kappa shape index (κ2) is 7.90. The molecule has 0 bridgehead atoms. The van der Waals surface area contributed by atoms with Gasteiger partial charge < -0.3 is 15.5 Å². The summed E-state index contributed by atoms with van der Waals surface area (Å²) in [5, 5.41) is 6.29. The van der Waals surface area contributed by atoms with Crippen LogP contribution in [0.15, 0.2) is 12.1 Å². The largest absolute Gasteiger partial charge is 0.384 e. The molecule has 1 aromatic carbocycles. The molecule has 112 valence electrons. The minimum Gasteiger partial charge on any atom is -0.384 e. The standard InChI is InChI=1S/C16H27N3O/c1-12-10-13(2)16(14(3)11-12)18-7-6-15(20)17-8-9-19(4)5/h10-11,18H,6-9H2,1-5H3,(H,17,20). The highest BCUT2D eigenvalue weighted by atomic mass is 16.1. The molecule has 1 amide bonds. The first-order chi connectivity index (χ1) is 9.40. The number of anilines is 1. The second-order valence-corrected chi connectivity index (χ2v) is 5.60. The molecule has 2 N–H and O–H groups in total. The number of benzene rings is 1. The fraction of sp³-hybridized carbons (Fsp3) is 0.562. The van der Waals surface area contributed by atoms with Crippen LogP contribution in [0.2, 0.25) is 0 Å². The van der Waals surface area contributed by atoms with Crippen LogP contribution in [0.4, 0.5) is 5.69 Å². The molecule has 4 heteroatoms. The van der Waals surface area contributed by atoms with Crippen molar-refractivity contribution in [1.82, 2.24) is 10.2 Å². The number of amides is 1. The summed E-state index contributed by atoms with van der Waals surface area (Å²) in [5.41, 5.74) is 4.88.